The number of piperidine rings is 1. The molecular weight excluding hydrogens is 210 g/mol. The van der Waals surface area contributed by atoms with Crippen LogP contribution in [0.2, 0.25) is 0 Å². The van der Waals surface area contributed by atoms with Crippen molar-refractivity contribution in [3.63, 3.8) is 0 Å². The zero-order valence-corrected chi connectivity index (χ0v) is 12.0. The fourth-order valence-corrected chi connectivity index (χ4v) is 3.32. The maximum absolute atomic E-state index is 9.57. The van der Waals surface area contributed by atoms with Crippen LogP contribution in [0.3, 0.4) is 0 Å². The molecule has 0 saturated carbocycles. The van der Waals surface area contributed by atoms with Gasteiger partial charge in [0.05, 0.1) is 6.07 Å². The molecule has 0 aromatic rings. The van der Waals surface area contributed by atoms with E-state index in [0.29, 0.717) is 0 Å². The van der Waals surface area contributed by atoms with Crippen LogP contribution in [0.15, 0.2) is 0 Å². The van der Waals surface area contributed by atoms with Crippen molar-refractivity contribution in [2.24, 2.45) is 0 Å². The molecule has 1 aliphatic heterocycles. The first-order valence-electron chi connectivity index (χ1n) is 6.70. The minimum atomic E-state index is -0.368. The molecule has 1 heterocycles. The maximum Gasteiger partial charge on any atom is 0.110 e. The summed E-state index contributed by atoms with van der Waals surface area (Å²) in [6.45, 7) is 11.8. The third-order valence-corrected chi connectivity index (χ3v) is 3.37. The van der Waals surface area contributed by atoms with E-state index in [4.69, 9.17) is 0 Å². The number of nitrogens with zero attached hydrogens (tertiary/aromatic N) is 1. The van der Waals surface area contributed by atoms with Gasteiger partial charge in [-0.1, -0.05) is 13.3 Å². The van der Waals surface area contributed by atoms with Gasteiger partial charge >= 0.3 is 0 Å². The highest BCUT2D eigenvalue weighted by molar-refractivity contribution is 5.18. The standard InChI is InChI=1S/C14H27N3/c1-6-7-8-16-14(11-15)9-12(2,3)17-13(4,5)10-14/h16-17H,6-10H2,1-5H3. The van der Waals surface area contributed by atoms with Gasteiger partial charge in [-0.05, 0) is 53.5 Å². The van der Waals surface area contributed by atoms with Crippen molar-refractivity contribution in [3.05, 3.63) is 0 Å². The van der Waals surface area contributed by atoms with Crippen LogP contribution in [0.1, 0.15) is 60.3 Å². The van der Waals surface area contributed by atoms with E-state index in [-0.39, 0.29) is 16.6 Å². The summed E-state index contributed by atoms with van der Waals surface area (Å²) in [6, 6.07) is 2.54. The van der Waals surface area contributed by atoms with Gasteiger partial charge in [0.25, 0.3) is 0 Å². The van der Waals surface area contributed by atoms with Gasteiger partial charge in [0.15, 0.2) is 0 Å². The number of nitriles is 1. The third-order valence-electron chi connectivity index (χ3n) is 3.37. The SMILES string of the molecule is CCCCNC1(C#N)CC(C)(C)NC(C)(C)C1. The van der Waals surface area contributed by atoms with Crippen molar-refractivity contribution < 1.29 is 0 Å². The molecule has 3 heteroatoms. The molecule has 0 aliphatic carbocycles. The van der Waals surface area contributed by atoms with Crippen LogP contribution in [-0.4, -0.2) is 23.2 Å². The quantitative estimate of drug-likeness (QED) is 0.739. The molecule has 17 heavy (non-hydrogen) atoms. The first-order valence-corrected chi connectivity index (χ1v) is 6.70. The van der Waals surface area contributed by atoms with E-state index in [1.165, 1.54) is 6.42 Å². The molecule has 1 rings (SSSR count). The van der Waals surface area contributed by atoms with Crippen molar-refractivity contribution in [2.45, 2.75) is 76.9 Å². The lowest BCUT2D eigenvalue weighted by atomic mass is 9.71. The number of hydrogen-bond donors (Lipinski definition) is 2. The van der Waals surface area contributed by atoms with E-state index >= 15 is 0 Å². The monoisotopic (exact) mass is 237 g/mol. The van der Waals surface area contributed by atoms with E-state index in [1.807, 2.05) is 0 Å². The Hall–Kier alpha value is -0.590. The minimum absolute atomic E-state index is 0.0106. The van der Waals surface area contributed by atoms with Crippen LogP contribution in [0.25, 0.3) is 0 Å². The van der Waals surface area contributed by atoms with Gasteiger partial charge in [-0.25, -0.2) is 0 Å². The highest BCUT2D eigenvalue weighted by Gasteiger charge is 2.47. The molecule has 0 aromatic carbocycles. The Bertz CT molecular complexity index is 283. The maximum atomic E-state index is 9.57. The van der Waals surface area contributed by atoms with Crippen LogP contribution < -0.4 is 10.6 Å². The zero-order valence-electron chi connectivity index (χ0n) is 12.0. The van der Waals surface area contributed by atoms with Crippen molar-refractivity contribution in [1.29, 1.82) is 5.26 Å². The van der Waals surface area contributed by atoms with Crippen LogP contribution in [0.4, 0.5) is 0 Å². The average molecular weight is 237 g/mol. The van der Waals surface area contributed by atoms with Gasteiger partial charge in [0.1, 0.15) is 5.54 Å². The van der Waals surface area contributed by atoms with Gasteiger partial charge in [-0.3, -0.25) is 5.32 Å². The highest BCUT2D eigenvalue weighted by Crippen LogP contribution is 2.35. The minimum Gasteiger partial charge on any atom is -0.307 e. The lowest BCUT2D eigenvalue weighted by Crippen LogP contribution is -2.67. The number of unbranched alkanes of at least 4 members (excludes halogenated alkanes) is 1. The van der Waals surface area contributed by atoms with Gasteiger partial charge in [-0.15, -0.1) is 0 Å². The Morgan fingerprint density at radius 2 is 1.71 bits per heavy atom. The molecule has 0 amide bonds. The van der Waals surface area contributed by atoms with Crippen LogP contribution in [0, 0.1) is 11.3 Å². The van der Waals surface area contributed by atoms with E-state index in [0.717, 1.165) is 25.8 Å². The smallest absolute Gasteiger partial charge is 0.110 e. The molecular formula is C14H27N3. The first-order chi connectivity index (χ1) is 7.74. The Balaban J connectivity index is 2.80. The van der Waals surface area contributed by atoms with Gasteiger partial charge in [0.2, 0.25) is 0 Å². The molecule has 0 bridgehead atoms. The predicted octanol–water partition coefficient (Wildman–Crippen LogP) is 2.58. The molecule has 0 unspecified atom stereocenters. The molecule has 0 atom stereocenters. The second-order valence-electron chi connectivity index (χ2n) is 6.72. The Kier molecular flexibility index (Phi) is 4.22. The molecule has 2 N–H and O–H groups in total. The summed E-state index contributed by atoms with van der Waals surface area (Å²) in [6.07, 6.45) is 4.03. The number of hydrogen-bond acceptors (Lipinski definition) is 3. The van der Waals surface area contributed by atoms with Gasteiger partial charge in [0, 0.05) is 11.1 Å². The van der Waals surface area contributed by atoms with Crippen LogP contribution >= 0.6 is 0 Å². The molecule has 3 nitrogen and oxygen atoms in total. The summed E-state index contributed by atoms with van der Waals surface area (Å²) in [4.78, 5) is 0. The van der Waals surface area contributed by atoms with Crippen LogP contribution in [0.5, 0.6) is 0 Å². The summed E-state index contributed by atoms with van der Waals surface area (Å²) in [5.41, 5.74) is -0.346. The summed E-state index contributed by atoms with van der Waals surface area (Å²) < 4.78 is 0. The highest BCUT2D eigenvalue weighted by atomic mass is 15.1. The largest absolute Gasteiger partial charge is 0.307 e. The average Bonchev–Trinajstić information content (AvgIpc) is 2.13. The fraction of sp³-hybridized carbons (Fsp3) is 0.929. The van der Waals surface area contributed by atoms with Crippen molar-refractivity contribution in [2.75, 3.05) is 6.54 Å². The Morgan fingerprint density at radius 1 is 1.18 bits per heavy atom. The molecule has 1 aliphatic rings. The predicted molar refractivity (Wildman–Crippen MR) is 71.8 cm³/mol. The van der Waals surface area contributed by atoms with E-state index < -0.39 is 0 Å². The molecule has 0 aromatic heterocycles. The van der Waals surface area contributed by atoms with Gasteiger partial charge in [-0.2, -0.15) is 5.26 Å². The first kappa shape index (κ1) is 14.5. The van der Waals surface area contributed by atoms with Crippen molar-refractivity contribution >= 4 is 0 Å². The Labute approximate surface area is 106 Å². The molecule has 98 valence electrons. The number of nitrogens with one attached hydrogen (secondary N) is 2. The zero-order chi connectivity index (χ0) is 13.2. The molecule has 1 fully saturated rings. The third kappa shape index (κ3) is 3.97. The lowest BCUT2D eigenvalue weighted by molar-refractivity contribution is 0.112. The van der Waals surface area contributed by atoms with E-state index in [1.54, 1.807) is 0 Å². The molecule has 1 saturated heterocycles. The van der Waals surface area contributed by atoms with Crippen molar-refractivity contribution in [1.82, 2.24) is 10.6 Å². The number of rotatable bonds is 4. The molecule has 0 radical (unpaired) electrons. The second kappa shape index (κ2) is 4.96. The fourth-order valence-electron chi connectivity index (χ4n) is 3.32. The lowest BCUT2D eigenvalue weighted by Gasteiger charge is -2.50. The van der Waals surface area contributed by atoms with E-state index in [2.05, 4.69) is 51.3 Å². The topological polar surface area (TPSA) is 47.9 Å². The molecule has 0 spiro atoms. The summed E-state index contributed by atoms with van der Waals surface area (Å²) in [5, 5.41) is 16.7. The normalized spacial score (nSPS) is 25.2. The van der Waals surface area contributed by atoms with Crippen LogP contribution in [-0.2, 0) is 0 Å². The van der Waals surface area contributed by atoms with Gasteiger partial charge < -0.3 is 5.32 Å². The summed E-state index contributed by atoms with van der Waals surface area (Å²) >= 11 is 0. The van der Waals surface area contributed by atoms with Crippen molar-refractivity contribution in [3.8, 4) is 6.07 Å². The van der Waals surface area contributed by atoms with E-state index in [9.17, 15) is 5.26 Å². The summed E-state index contributed by atoms with van der Waals surface area (Å²) in [5.74, 6) is 0. The summed E-state index contributed by atoms with van der Waals surface area (Å²) in [7, 11) is 0. The second-order valence-corrected chi connectivity index (χ2v) is 6.72. The Morgan fingerprint density at radius 3 is 2.12 bits per heavy atom.